The number of aliphatic carboxylic acids is 1. The highest BCUT2D eigenvalue weighted by atomic mass is 32.2. The molecule has 17 heavy (non-hydrogen) atoms. The van der Waals surface area contributed by atoms with Crippen LogP contribution in [0.3, 0.4) is 0 Å². The molecule has 0 aliphatic carbocycles. The van der Waals surface area contributed by atoms with Crippen LogP contribution in [-0.2, 0) is 4.79 Å². The lowest BCUT2D eigenvalue weighted by atomic mass is 10.0. The first-order valence-corrected chi connectivity index (χ1v) is 6.54. The van der Waals surface area contributed by atoms with Gasteiger partial charge in [0.2, 0.25) is 0 Å². The average molecular weight is 265 g/mol. The second kappa shape index (κ2) is 8.43. The Labute approximate surface area is 105 Å². The Hall–Kier alpha value is -0.660. The van der Waals surface area contributed by atoms with Crippen molar-refractivity contribution < 1.29 is 14.3 Å². The summed E-state index contributed by atoms with van der Waals surface area (Å²) in [7, 11) is 0. The maximum absolute atomic E-state index is 12.5. The molecule has 0 aromatic carbocycles. The minimum Gasteiger partial charge on any atom is -0.480 e. The Bertz CT molecular complexity index is 256. The van der Waals surface area contributed by atoms with E-state index in [4.69, 9.17) is 16.2 Å². The molecule has 0 rings (SSSR count). The summed E-state index contributed by atoms with van der Waals surface area (Å²) in [5.41, 5.74) is 4.45. The van der Waals surface area contributed by atoms with Crippen LogP contribution in [0.25, 0.3) is 0 Å². The van der Waals surface area contributed by atoms with Crippen molar-refractivity contribution in [2.75, 3.05) is 24.7 Å². The molecule has 0 fully saturated rings. The number of nitrogens with two attached hydrogens (primary N) is 1. The van der Waals surface area contributed by atoms with E-state index in [1.807, 2.05) is 0 Å². The molecule has 7 heteroatoms. The number of carboxylic acid groups (broad SMARTS) is 1. The molecule has 0 aromatic rings. The van der Waals surface area contributed by atoms with Crippen LogP contribution in [0.15, 0.2) is 0 Å². The first kappa shape index (κ1) is 16.3. The molecule has 5 nitrogen and oxygen atoms in total. The maximum Gasteiger partial charge on any atom is 0.324 e. The fourth-order valence-corrected chi connectivity index (χ4v) is 2.38. The Morgan fingerprint density at radius 2 is 2.41 bits per heavy atom. The Kier molecular flexibility index (Phi) is 8.11. The van der Waals surface area contributed by atoms with Gasteiger partial charge in [0.05, 0.1) is 0 Å². The first-order valence-electron chi connectivity index (χ1n) is 5.38. The van der Waals surface area contributed by atoms with Crippen LogP contribution in [0.5, 0.6) is 0 Å². The van der Waals surface area contributed by atoms with Gasteiger partial charge >= 0.3 is 5.97 Å². The van der Waals surface area contributed by atoms with Crippen molar-refractivity contribution in [3.8, 4) is 0 Å². The third kappa shape index (κ3) is 5.99. The Morgan fingerprint density at radius 3 is 2.82 bits per heavy atom. The van der Waals surface area contributed by atoms with Gasteiger partial charge in [0.15, 0.2) is 0 Å². The molecule has 0 amide bonds. The fraction of sp³-hybridized carbons (Fsp3) is 0.800. The van der Waals surface area contributed by atoms with Crippen LogP contribution in [0, 0.1) is 5.41 Å². The van der Waals surface area contributed by atoms with Crippen molar-refractivity contribution in [2.24, 2.45) is 5.73 Å². The standard InChI is InChI=1S/C10H20FN3O2S/c1-2-10(13,9(15)16)7-17-6-8(5-11)14-4-3-12/h3,8,12,14H,2,4-7,13H2,1H3,(H,15,16)/t8?,10-/m0/s1. The minimum atomic E-state index is -1.24. The molecule has 0 heterocycles. The van der Waals surface area contributed by atoms with Crippen molar-refractivity contribution in [3.63, 3.8) is 0 Å². The van der Waals surface area contributed by atoms with E-state index in [0.29, 0.717) is 18.7 Å². The number of nitrogens with one attached hydrogen (secondary N) is 2. The fourth-order valence-electron chi connectivity index (χ4n) is 1.08. The summed E-state index contributed by atoms with van der Waals surface area (Å²) in [5, 5.41) is 18.6. The van der Waals surface area contributed by atoms with Gasteiger partial charge in [-0.3, -0.25) is 4.79 Å². The van der Waals surface area contributed by atoms with Crippen molar-refractivity contribution >= 4 is 23.9 Å². The third-order valence-electron chi connectivity index (χ3n) is 2.43. The van der Waals surface area contributed by atoms with Crippen LogP contribution in [0.1, 0.15) is 13.3 Å². The molecule has 5 N–H and O–H groups in total. The van der Waals surface area contributed by atoms with Crippen molar-refractivity contribution in [1.82, 2.24) is 5.32 Å². The first-order chi connectivity index (χ1) is 8.00. The zero-order chi connectivity index (χ0) is 13.3. The molecule has 0 bridgehead atoms. The van der Waals surface area contributed by atoms with Crippen LogP contribution < -0.4 is 11.1 Å². The lowest BCUT2D eigenvalue weighted by Gasteiger charge is -2.23. The topological polar surface area (TPSA) is 99.2 Å². The molecule has 0 radical (unpaired) electrons. The number of alkyl halides is 1. The second-order valence-electron chi connectivity index (χ2n) is 3.79. The van der Waals surface area contributed by atoms with Crippen LogP contribution in [0.4, 0.5) is 4.39 Å². The quantitative estimate of drug-likeness (QED) is 0.431. The second-order valence-corrected chi connectivity index (χ2v) is 4.82. The lowest BCUT2D eigenvalue weighted by Crippen LogP contribution is -2.50. The largest absolute Gasteiger partial charge is 0.480 e. The number of halogens is 1. The highest BCUT2D eigenvalue weighted by Gasteiger charge is 2.31. The van der Waals surface area contributed by atoms with E-state index in [2.05, 4.69) is 5.32 Å². The number of hydrogen-bond donors (Lipinski definition) is 4. The molecule has 0 aliphatic rings. The monoisotopic (exact) mass is 265 g/mol. The predicted octanol–water partition coefficient (Wildman–Crippen LogP) is 0.489. The van der Waals surface area contributed by atoms with Crippen LogP contribution in [0.2, 0.25) is 0 Å². The van der Waals surface area contributed by atoms with E-state index in [-0.39, 0.29) is 11.8 Å². The summed E-state index contributed by atoms with van der Waals surface area (Å²) >= 11 is 1.31. The molecule has 0 saturated carbocycles. The van der Waals surface area contributed by atoms with E-state index in [0.717, 1.165) is 6.21 Å². The zero-order valence-electron chi connectivity index (χ0n) is 9.91. The normalized spacial score (nSPS) is 16.2. The summed E-state index contributed by atoms with van der Waals surface area (Å²) in [5.74, 6) is -0.338. The van der Waals surface area contributed by atoms with Gasteiger partial charge in [0.1, 0.15) is 12.2 Å². The molecule has 0 aromatic heterocycles. The Morgan fingerprint density at radius 1 is 1.76 bits per heavy atom. The Balaban J connectivity index is 4.01. The summed E-state index contributed by atoms with van der Waals surface area (Å²) in [6, 6.07) is -0.364. The highest BCUT2D eigenvalue weighted by Crippen LogP contribution is 2.16. The van der Waals surface area contributed by atoms with Crippen molar-refractivity contribution in [2.45, 2.75) is 24.9 Å². The zero-order valence-corrected chi connectivity index (χ0v) is 10.7. The smallest absolute Gasteiger partial charge is 0.324 e. The molecule has 0 aliphatic heterocycles. The molecule has 1 unspecified atom stereocenters. The number of thioether (sulfide) groups is 1. The van der Waals surface area contributed by atoms with Gasteiger partial charge in [0.25, 0.3) is 0 Å². The van der Waals surface area contributed by atoms with Crippen molar-refractivity contribution in [3.05, 3.63) is 0 Å². The number of rotatable bonds is 10. The number of carbonyl (C=O) groups is 1. The van der Waals surface area contributed by atoms with Gasteiger partial charge in [-0.25, -0.2) is 4.39 Å². The molecule has 0 saturated heterocycles. The third-order valence-corrected chi connectivity index (χ3v) is 3.79. The average Bonchev–Trinajstić information content (AvgIpc) is 2.32. The molecular weight excluding hydrogens is 245 g/mol. The van der Waals surface area contributed by atoms with E-state index < -0.39 is 18.2 Å². The lowest BCUT2D eigenvalue weighted by molar-refractivity contribution is -0.142. The summed E-state index contributed by atoms with van der Waals surface area (Å²) < 4.78 is 12.5. The summed E-state index contributed by atoms with van der Waals surface area (Å²) in [4.78, 5) is 10.9. The van der Waals surface area contributed by atoms with E-state index >= 15 is 0 Å². The van der Waals surface area contributed by atoms with E-state index in [9.17, 15) is 9.18 Å². The molecule has 100 valence electrons. The van der Waals surface area contributed by atoms with Gasteiger partial charge in [-0.2, -0.15) is 11.8 Å². The van der Waals surface area contributed by atoms with Crippen molar-refractivity contribution in [1.29, 1.82) is 5.41 Å². The van der Waals surface area contributed by atoms with Crippen LogP contribution in [-0.4, -0.2) is 53.6 Å². The number of carboxylic acids is 1. The molecular formula is C10H20FN3O2S. The molecule has 2 atom stereocenters. The van der Waals surface area contributed by atoms with Crippen LogP contribution >= 0.6 is 11.8 Å². The van der Waals surface area contributed by atoms with Gasteiger partial charge in [-0.15, -0.1) is 0 Å². The SMILES string of the molecule is CC[C@](N)(CSCC(CF)NCC=N)C(=O)O. The summed E-state index contributed by atoms with van der Waals surface area (Å²) in [6.45, 7) is 1.49. The van der Waals surface area contributed by atoms with Gasteiger partial charge in [-0.05, 0) is 6.42 Å². The summed E-state index contributed by atoms with van der Waals surface area (Å²) in [6.07, 6.45) is 1.49. The van der Waals surface area contributed by atoms with Gasteiger partial charge < -0.3 is 21.6 Å². The minimum absolute atomic E-state index is 0.252. The van der Waals surface area contributed by atoms with E-state index in [1.54, 1.807) is 6.92 Å². The molecule has 0 spiro atoms. The van der Waals surface area contributed by atoms with Gasteiger partial charge in [-0.1, -0.05) is 6.92 Å². The van der Waals surface area contributed by atoms with Gasteiger partial charge in [0, 0.05) is 30.3 Å². The maximum atomic E-state index is 12.5. The van der Waals surface area contributed by atoms with E-state index in [1.165, 1.54) is 11.8 Å². The highest BCUT2D eigenvalue weighted by molar-refractivity contribution is 7.99. The number of hydrogen-bond acceptors (Lipinski definition) is 5. The predicted molar refractivity (Wildman–Crippen MR) is 68.7 cm³/mol.